The van der Waals surface area contributed by atoms with Gasteiger partial charge in [-0.05, 0) is 31.6 Å². The zero-order valence-corrected chi connectivity index (χ0v) is 11.0. The van der Waals surface area contributed by atoms with E-state index in [9.17, 15) is 10.1 Å². The third-order valence-electron chi connectivity index (χ3n) is 3.03. The standard InChI is InChI=1S/C12H21N3OS/c13-7-4-8-17-9-11(16)15-12(10-14)5-2-1-3-6-12/h1-9,13H2,(H,15,16). The second kappa shape index (κ2) is 7.57. The second-order valence-electron chi connectivity index (χ2n) is 4.50. The highest BCUT2D eigenvalue weighted by Crippen LogP contribution is 2.27. The van der Waals surface area contributed by atoms with Crippen molar-refractivity contribution in [3.8, 4) is 6.07 Å². The third kappa shape index (κ3) is 4.97. The molecule has 0 aromatic rings. The minimum absolute atomic E-state index is 0.0181. The Bertz CT molecular complexity index is 282. The smallest absolute Gasteiger partial charge is 0.231 e. The van der Waals surface area contributed by atoms with E-state index in [2.05, 4.69) is 11.4 Å². The third-order valence-corrected chi connectivity index (χ3v) is 4.07. The molecule has 1 fully saturated rings. The van der Waals surface area contributed by atoms with E-state index < -0.39 is 5.54 Å². The predicted octanol–water partition coefficient (Wildman–Crippen LogP) is 1.41. The van der Waals surface area contributed by atoms with Crippen molar-refractivity contribution in [3.63, 3.8) is 0 Å². The van der Waals surface area contributed by atoms with Crippen LogP contribution in [0, 0.1) is 11.3 Å². The quantitative estimate of drug-likeness (QED) is 0.703. The summed E-state index contributed by atoms with van der Waals surface area (Å²) in [6.45, 7) is 0.663. The van der Waals surface area contributed by atoms with Gasteiger partial charge in [0, 0.05) is 0 Å². The maximum absolute atomic E-state index is 11.7. The molecule has 0 aliphatic heterocycles. The molecular weight excluding hydrogens is 234 g/mol. The Labute approximate surface area is 107 Å². The van der Waals surface area contributed by atoms with Crippen LogP contribution in [-0.4, -0.2) is 29.5 Å². The van der Waals surface area contributed by atoms with Crippen molar-refractivity contribution in [2.75, 3.05) is 18.1 Å². The molecule has 1 saturated carbocycles. The average molecular weight is 255 g/mol. The van der Waals surface area contributed by atoms with Crippen LogP contribution in [0.1, 0.15) is 38.5 Å². The molecule has 5 heteroatoms. The molecular formula is C12H21N3OS. The van der Waals surface area contributed by atoms with Gasteiger partial charge in [0.2, 0.25) is 5.91 Å². The van der Waals surface area contributed by atoms with Gasteiger partial charge >= 0.3 is 0 Å². The van der Waals surface area contributed by atoms with E-state index in [0.29, 0.717) is 12.3 Å². The summed E-state index contributed by atoms with van der Waals surface area (Å²) in [5.74, 6) is 1.32. The van der Waals surface area contributed by atoms with E-state index in [1.54, 1.807) is 11.8 Å². The van der Waals surface area contributed by atoms with Gasteiger partial charge in [0.25, 0.3) is 0 Å². The van der Waals surface area contributed by atoms with Gasteiger partial charge in [-0.3, -0.25) is 4.79 Å². The molecule has 0 aromatic heterocycles. The normalized spacial score (nSPS) is 18.4. The second-order valence-corrected chi connectivity index (χ2v) is 5.60. The van der Waals surface area contributed by atoms with Crippen LogP contribution < -0.4 is 11.1 Å². The zero-order valence-electron chi connectivity index (χ0n) is 10.2. The molecule has 3 N–H and O–H groups in total. The fraction of sp³-hybridized carbons (Fsp3) is 0.833. The Kier molecular flexibility index (Phi) is 6.38. The van der Waals surface area contributed by atoms with Gasteiger partial charge in [-0.15, -0.1) is 0 Å². The molecule has 0 heterocycles. The summed E-state index contributed by atoms with van der Waals surface area (Å²) in [6.07, 6.45) is 5.76. The van der Waals surface area contributed by atoms with Crippen molar-refractivity contribution in [1.29, 1.82) is 5.26 Å². The molecule has 0 aromatic carbocycles. The van der Waals surface area contributed by atoms with Crippen LogP contribution in [-0.2, 0) is 4.79 Å². The van der Waals surface area contributed by atoms with Crippen LogP contribution in [0.2, 0.25) is 0 Å². The molecule has 96 valence electrons. The molecule has 1 aliphatic carbocycles. The van der Waals surface area contributed by atoms with Crippen LogP contribution in [0.5, 0.6) is 0 Å². The molecule has 0 saturated heterocycles. The van der Waals surface area contributed by atoms with E-state index >= 15 is 0 Å². The number of hydrogen-bond donors (Lipinski definition) is 2. The maximum Gasteiger partial charge on any atom is 0.231 e. The summed E-state index contributed by atoms with van der Waals surface area (Å²) in [7, 11) is 0. The summed E-state index contributed by atoms with van der Waals surface area (Å²) in [6, 6.07) is 2.29. The van der Waals surface area contributed by atoms with Crippen LogP contribution in [0.4, 0.5) is 0 Å². The number of thioether (sulfide) groups is 1. The number of amides is 1. The van der Waals surface area contributed by atoms with Crippen molar-refractivity contribution in [2.45, 2.75) is 44.1 Å². The molecule has 4 nitrogen and oxygen atoms in total. The number of carbonyl (C=O) groups excluding carboxylic acids is 1. The summed E-state index contributed by atoms with van der Waals surface area (Å²) < 4.78 is 0. The van der Waals surface area contributed by atoms with E-state index in [1.165, 1.54) is 6.42 Å². The van der Waals surface area contributed by atoms with Gasteiger partial charge < -0.3 is 11.1 Å². The first-order valence-electron chi connectivity index (χ1n) is 6.22. The molecule has 1 rings (SSSR count). The van der Waals surface area contributed by atoms with Gasteiger partial charge in [0.05, 0.1) is 11.8 Å². The molecule has 0 unspecified atom stereocenters. The number of nitrogens with two attached hydrogens (primary N) is 1. The zero-order chi connectivity index (χ0) is 12.6. The molecule has 0 bridgehead atoms. The minimum Gasteiger partial charge on any atom is -0.337 e. The summed E-state index contributed by atoms with van der Waals surface area (Å²) in [5, 5.41) is 12.1. The monoisotopic (exact) mass is 255 g/mol. The highest BCUT2D eigenvalue weighted by molar-refractivity contribution is 7.99. The molecule has 17 heavy (non-hydrogen) atoms. The highest BCUT2D eigenvalue weighted by Gasteiger charge is 2.33. The number of nitrogens with zero attached hydrogens (tertiary/aromatic N) is 1. The van der Waals surface area contributed by atoms with Gasteiger partial charge in [-0.1, -0.05) is 19.3 Å². The van der Waals surface area contributed by atoms with Crippen molar-refractivity contribution in [2.24, 2.45) is 5.73 Å². The van der Waals surface area contributed by atoms with E-state index in [4.69, 9.17) is 5.73 Å². The first-order chi connectivity index (χ1) is 8.22. The van der Waals surface area contributed by atoms with Gasteiger partial charge in [-0.25, -0.2) is 0 Å². The summed E-state index contributed by atoms with van der Waals surface area (Å²) in [4.78, 5) is 11.7. The number of nitrogens with one attached hydrogen (secondary N) is 1. The Hall–Kier alpha value is -0.730. The Balaban J connectivity index is 2.30. The van der Waals surface area contributed by atoms with Gasteiger partial charge in [0.1, 0.15) is 5.54 Å². The van der Waals surface area contributed by atoms with E-state index in [-0.39, 0.29) is 5.91 Å². The molecule has 0 radical (unpaired) electrons. The number of nitriles is 1. The average Bonchev–Trinajstić information content (AvgIpc) is 2.36. The minimum atomic E-state index is -0.593. The fourth-order valence-electron chi connectivity index (χ4n) is 2.07. The van der Waals surface area contributed by atoms with Crippen molar-refractivity contribution < 1.29 is 4.79 Å². The van der Waals surface area contributed by atoms with Crippen LogP contribution in [0.15, 0.2) is 0 Å². The van der Waals surface area contributed by atoms with Crippen molar-refractivity contribution in [1.82, 2.24) is 5.32 Å². The predicted molar refractivity (Wildman–Crippen MR) is 70.6 cm³/mol. The van der Waals surface area contributed by atoms with Crippen LogP contribution in [0.25, 0.3) is 0 Å². The van der Waals surface area contributed by atoms with Crippen LogP contribution >= 0.6 is 11.8 Å². The SMILES string of the molecule is N#CC1(NC(=O)CSCCCN)CCCCC1. The van der Waals surface area contributed by atoms with Gasteiger partial charge in [-0.2, -0.15) is 17.0 Å². The fourth-order valence-corrected chi connectivity index (χ4v) is 2.85. The largest absolute Gasteiger partial charge is 0.337 e. The highest BCUT2D eigenvalue weighted by atomic mass is 32.2. The molecule has 0 spiro atoms. The first-order valence-corrected chi connectivity index (χ1v) is 7.38. The lowest BCUT2D eigenvalue weighted by Gasteiger charge is -2.31. The number of hydrogen-bond acceptors (Lipinski definition) is 4. The van der Waals surface area contributed by atoms with Crippen molar-refractivity contribution in [3.05, 3.63) is 0 Å². The van der Waals surface area contributed by atoms with Crippen molar-refractivity contribution >= 4 is 17.7 Å². The Morgan fingerprint density at radius 3 is 2.71 bits per heavy atom. The topological polar surface area (TPSA) is 78.9 Å². The first kappa shape index (κ1) is 14.3. The molecule has 1 aliphatic rings. The van der Waals surface area contributed by atoms with E-state index in [1.807, 2.05) is 0 Å². The Morgan fingerprint density at radius 2 is 2.12 bits per heavy atom. The molecule has 1 amide bonds. The maximum atomic E-state index is 11.7. The lowest BCUT2D eigenvalue weighted by Crippen LogP contribution is -2.49. The number of rotatable bonds is 6. The summed E-state index contributed by atoms with van der Waals surface area (Å²) in [5.41, 5.74) is 4.79. The van der Waals surface area contributed by atoms with Gasteiger partial charge in [0.15, 0.2) is 0 Å². The van der Waals surface area contributed by atoms with E-state index in [0.717, 1.165) is 37.9 Å². The molecule has 0 atom stereocenters. The number of carbonyl (C=O) groups is 1. The lowest BCUT2D eigenvalue weighted by molar-refractivity contribution is -0.120. The summed E-state index contributed by atoms with van der Waals surface area (Å²) >= 11 is 1.58. The Morgan fingerprint density at radius 1 is 1.41 bits per heavy atom. The lowest BCUT2D eigenvalue weighted by atomic mass is 9.83. The van der Waals surface area contributed by atoms with Crippen LogP contribution in [0.3, 0.4) is 0 Å².